The minimum absolute atomic E-state index is 0.0712. The van der Waals surface area contributed by atoms with Gasteiger partial charge in [-0.25, -0.2) is 4.98 Å². The zero-order valence-corrected chi connectivity index (χ0v) is 17.3. The smallest absolute Gasteiger partial charge is 0.265 e. The summed E-state index contributed by atoms with van der Waals surface area (Å²) >= 11 is 0. The molecule has 1 fully saturated rings. The molecule has 164 valence electrons. The Morgan fingerprint density at radius 2 is 1.78 bits per heavy atom. The fraction of sp³-hybridized carbons (Fsp3) is 0.304. The molecule has 2 aliphatic rings. The Balaban J connectivity index is 1.42. The molecule has 0 spiro atoms. The average Bonchev–Trinajstić information content (AvgIpc) is 2.85. The van der Waals surface area contributed by atoms with Gasteiger partial charge in [-0.1, -0.05) is 24.3 Å². The first-order valence-corrected chi connectivity index (χ1v) is 10.5. The normalized spacial score (nSPS) is 18.2. The maximum atomic E-state index is 13.3. The van der Waals surface area contributed by atoms with Gasteiger partial charge in [0.2, 0.25) is 5.91 Å². The van der Waals surface area contributed by atoms with Gasteiger partial charge >= 0.3 is 0 Å². The number of ether oxygens (including phenoxy) is 2. The van der Waals surface area contributed by atoms with Crippen LogP contribution >= 0.6 is 0 Å². The number of carbonyl (C=O) groups excluding carboxylic acids is 2. The fourth-order valence-corrected chi connectivity index (χ4v) is 4.04. The second kappa shape index (κ2) is 8.43. The molecule has 9 heteroatoms. The van der Waals surface area contributed by atoms with Crippen LogP contribution in [0.15, 0.2) is 59.7 Å². The van der Waals surface area contributed by atoms with Crippen molar-refractivity contribution in [1.29, 1.82) is 0 Å². The third-order valence-electron chi connectivity index (χ3n) is 5.71. The van der Waals surface area contributed by atoms with Gasteiger partial charge in [-0.15, -0.1) is 0 Å². The molecule has 2 aliphatic heterocycles. The van der Waals surface area contributed by atoms with E-state index < -0.39 is 6.10 Å². The molecule has 5 rings (SSSR count). The Morgan fingerprint density at radius 3 is 2.62 bits per heavy atom. The molecule has 0 N–H and O–H groups in total. The lowest BCUT2D eigenvalue weighted by Gasteiger charge is -2.37. The molecule has 2 amide bonds. The lowest BCUT2D eigenvalue weighted by Crippen LogP contribution is -2.54. The third kappa shape index (κ3) is 3.71. The zero-order chi connectivity index (χ0) is 22.1. The summed E-state index contributed by atoms with van der Waals surface area (Å²) in [7, 11) is 0. The molecule has 0 saturated carbocycles. The van der Waals surface area contributed by atoms with Crippen molar-refractivity contribution in [2.45, 2.75) is 12.6 Å². The molecule has 9 nitrogen and oxygen atoms in total. The molecule has 1 atom stereocenters. The topological polar surface area (TPSA) is 94.0 Å². The van der Waals surface area contributed by atoms with Gasteiger partial charge in [-0.3, -0.25) is 19.0 Å². The number of rotatable bonds is 3. The number of fused-ring (bicyclic) bond motifs is 2. The van der Waals surface area contributed by atoms with Crippen molar-refractivity contribution in [3.63, 3.8) is 0 Å². The van der Waals surface area contributed by atoms with E-state index in [2.05, 4.69) is 4.98 Å². The van der Waals surface area contributed by atoms with Gasteiger partial charge in [0, 0.05) is 13.1 Å². The molecule has 2 aromatic carbocycles. The van der Waals surface area contributed by atoms with Crippen LogP contribution in [0.25, 0.3) is 10.9 Å². The number of hydrogen-bond acceptors (Lipinski definition) is 6. The van der Waals surface area contributed by atoms with Crippen LogP contribution in [0.1, 0.15) is 0 Å². The first-order chi connectivity index (χ1) is 15.6. The van der Waals surface area contributed by atoms with E-state index in [0.717, 1.165) is 0 Å². The summed E-state index contributed by atoms with van der Waals surface area (Å²) < 4.78 is 12.6. The van der Waals surface area contributed by atoms with Crippen molar-refractivity contribution in [3.8, 4) is 5.75 Å². The van der Waals surface area contributed by atoms with Crippen LogP contribution in [-0.4, -0.2) is 65.2 Å². The van der Waals surface area contributed by atoms with E-state index >= 15 is 0 Å². The van der Waals surface area contributed by atoms with Crippen molar-refractivity contribution in [3.05, 3.63) is 65.2 Å². The van der Waals surface area contributed by atoms with Gasteiger partial charge in [0.25, 0.3) is 11.5 Å². The number of amides is 2. The average molecular weight is 434 g/mol. The quantitative estimate of drug-likeness (QED) is 0.612. The Bertz CT molecular complexity index is 1230. The summed E-state index contributed by atoms with van der Waals surface area (Å²) in [5.41, 5.74) is 0.867. The number of benzene rings is 2. The highest BCUT2D eigenvalue weighted by molar-refractivity contribution is 5.97. The summed E-state index contributed by atoms with van der Waals surface area (Å²) in [6, 6.07) is 14.1. The minimum atomic E-state index is -0.821. The van der Waals surface area contributed by atoms with Crippen LogP contribution in [-0.2, 0) is 20.9 Å². The molecule has 3 heterocycles. The first kappa shape index (κ1) is 20.2. The summed E-state index contributed by atoms with van der Waals surface area (Å²) in [4.78, 5) is 46.7. The molecular weight excluding hydrogens is 412 g/mol. The Hall–Kier alpha value is -3.72. The lowest BCUT2D eigenvalue weighted by molar-refractivity contribution is -0.142. The van der Waals surface area contributed by atoms with Gasteiger partial charge in [0.05, 0.1) is 42.7 Å². The largest absolute Gasteiger partial charge is 0.476 e. The highest BCUT2D eigenvalue weighted by atomic mass is 16.5. The summed E-state index contributed by atoms with van der Waals surface area (Å²) in [5.74, 6) is -0.0347. The molecule has 32 heavy (non-hydrogen) atoms. The first-order valence-electron chi connectivity index (χ1n) is 10.5. The van der Waals surface area contributed by atoms with Gasteiger partial charge in [-0.2, -0.15) is 0 Å². The van der Waals surface area contributed by atoms with E-state index in [0.29, 0.717) is 48.6 Å². The molecule has 0 bridgehead atoms. The van der Waals surface area contributed by atoms with E-state index in [9.17, 15) is 14.4 Å². The number of hydrogen-bond donors (Lipinski definition) is 0. The van der Waals surface area contributed by atoms with Gasteiger partial charge in [0.1, 0.15) is 12.3 Å². The summed E-state index contributed by atoms with van der Waals surface area (Å²) in [6.07, 6.45) is 0.559. The number of para-hydroxylation sites is 3. The van der Waals surface area contributed by atoms with Crippen molar-refractivity contribution in [2.75, 3.05) is 37.7 Å². The van der Waals surface area contributed by atoms with E-state index in [1.54, 1.807) is 53.4 Å². The molecule has 0 radical (unpaired) electrons. The second-order valence-corrected chi connectivity index (χ2v) is 7.71. The van der Waals surface area contributed by atoms with Crippen molar-refractivity contribution >= 4 is 28.4 Å². The molecule has 1 unspecified atom stereocenters. The van der Waals surface area contributed by atoms with Gasteiger partial charge in [0.15, 0.2) is 6.10 Å². The van der Waals surface area contributed by atoms with Crippen LogP contribution in [0.4, 0.5) is 5.69 Å². The van der Waals surface area contributed by atoms with E-state index in [1.807, 2.05) is 0 Å². The van der Waals surface area contributed by atoms with Crippen LogP contribution in [0, 0.1) is 0 Å². The zero-order valence-electron chi connectivity index (χ0n) is 17.3. The summed E-state index contributed by atoms with van der Waals surface area (Å²) in [5, 5.41) is 0.450. The van der Waals surface area contributed by atoms with E-state index in [1.165, 1.54) is 15.8 Å². The second-order valence-electron chi connectivity index (χ2n) is 7.71. The molecular formula is C23H22N4O5. The molecule has 3 aromatic rings. The van der Waals surface area contributed by atoms with Crippen LogP contribution in [0.5, 0.6) is 5.75 Å². The minimum Gasteiger partial charge on any atom is -0.476 e. The van der Waals surface area contributed by atoms with Crippen molar-refractivity contribution in [1.82, 2.24) is 14.5 Å². The van der Waals surface area contributed by atoms with Gasteiger partial charge in [-0.05, 0) is 24.3 Å². The van der Waals surface area contributed by atoms with Crippen LogP contribution < -0.4 is 15.2 Å². The number of aromatic nitrogens is 2. The number of anilines is 1. The monoisotopic (exact) mass is 434 g/mol. The van der Waals surface area contributed by atoms with Crippen LogP contribution in [0.3, 0.4) is 0 Å². The number of nitrogens with zero attached hydrogens (tertiary/aromatic N) is 4. The number of carbonyl (C=O) groups is 2. The standard InChI is InChI=1S/C23H22N4O5/c28-21(14-26-15-24-17-6-2-1-5-16(17)22(26)29)27-13-20(23(30)25-9-11-31-12-10-25)32-19-8-4-3-7-18(19)27/h1-8,15,20H,9-14H2. The Kier molecular flexibility index (Phi) is 5.32. The number of morpholine rings is 1. The SMILES string of the molecule is O=C(C1CN(C(=O)Cn2cnc3ccccc3c2=O)c2ccccc2O1)N1CCOCC1. The molecule has 1 aromatic heterocycles. The lowest BCUT2D eigenvalue weighted by atomic mass is 10.1. The Labute approximate surface area is 183 Å². The highest BCUT2D eigenvalue weighted by Crippen LogP contribution is 2.33. The van der Waals surface area contributed by atoms with E-state index in [4.69, 9.17) is 9.47 Å². The Morgan fingerprint density at radius 1 is 1.03 bits per heavy atom. The molecule has 1 saturated heterocycles. The van der Waals surface area contributed by atoms with Crippen LogP contribution in [0.2, 0.25) is 0 Å². The highest BCUT2D eigenvalue weighted by Gasteiger charge is 2.36. The summed E-state index contributed by atoms with van der Waals surface area (Å²) in [6.45, 7) is 1.83. The fourth-order valence-electron chi connectivity index (χ4n) is 4.04. The third-order valence-corrected chi connectivity index (χ3v) is 5.71. The predicted molar refractivity (Wildman–Crippen MR) is 117 cm³/mol. The van der Waals surface area contributed by atoms with Crippen molar-refractivity contribution in [2.24, 2.45) is 0 Å². The molecule has 0 aliphatic carbocycles. The van der Waals surface area contributed by atoms with E-state index in [-0.39, 0.29) is 30.5 Å². The predicted octanol–water partition coefficient (Wildman–Crippen LogP) is 1.05. The maximum absolute atomic E-state index is 13.3. The van der Waals surface area contributed by atoms with Gasteiger partial charge < -0.3 is 19.3 Å². The van der Waals surface area contributed by atoms with Crippen molar-refractivity contribution < 1.29 is 19.1 Å². The maximum Gasteiger partial charge on any atom is 0.265 e.